The quantitative estimate of drug-likeness (QED) is 0.401. The van der Waals surface area contributed by atoms with Crippen LogP contribution in [0.1, 0.15) is 63.5 Å². The third-order valence-corrected chi connectivity index (χ3v) is 7.45. The van der Waals surface area contributed by atoms with Gasteiger partial charge in [-0.1, -0.05) is 43.0 Å². The second-order valence-electron chi connectivity index (χ2n) is 10.9. The van der Waals surface area contributed by atoms with Crippen molar-refractivity contribution in [2.24, 2.45) is 5.92 Å². The van der Waals surface area contributed by atoms with Gasteiger partial charge in [-0.25, -0.2) is 8.78 Å². The topological polar surface area (TPSA) is 6.48 Å². The van der Waals surface area contributed by atoms with Crippen LogP contribution >= 0.6 is 0 Å². The molecule has 2 aliphatic rings. The van der Waals surface area contributed by atoms with E-state index < -0.39 is 5.67 Å². The highest BCUT2D eigenvalue weighted by Crippen LogP contribution is 2.29. The summed E-state index contributed by atoms with van der Waals surface area (Å²) in [5.41, 5.74) is 3.67. The first kappa shape index (κ1) is 24.9. The third kappa shape index (κ3) is 6.69. The highest BCUT2D eigenvalue weighted by Gasteiger charge is 2.25. The first-order valence-electron chi connectivity index (χ1n) is 13.0. The smallest absolute Gasteiger partial charge is 0.131 e. The summed E-state index contributed by atoms with van der Waals surface area (Å²) in [6.07, 6.45) is 7.92. The van der Waals surface area contributed by atoms with Crippen molar-refractivity contribution >= 4 is 5.70 Å². The first-order chi connectivity index (χ1) is 16.3. The maximum atomic E-state index is 15.0. The fourth-order valence-electron chi connectivity index (χ4n) is 5.47. The average Bonchev–Trinajstić information content (AvgIpc) is 2.83. The Labute approximate surface area is 204 Å². The predicted molar refractivity (Wildman–Crippen MR) is 139 cm³/mol. The number of benzene rings is 2. The number of rotatable bonds is 8. The molecule has 0 bridgehead atoms. The van der Waals surface area contributed by atoms with E-state index in [4.69, 9.17) is 0 Å². The highest BCUT2D eigenvalue weighted by atomic mass is 19.1. The van der Waals surface area contributed by atoms with Crippen LogP contribution in [0.4, 0.5) is 8.78 Å². The summed E-state index contributed by atoms with van der Waals surface area (Å²) in [5, 5.41) is 0. The Morgan fingerprint density at radius 2 is 1.65 bits per heavy atom. The lowest BCUT2D eigenvalue weighted by atomic mass is 9.89. The minimum atomic E-state index is -1.13. The van der Waals surface area contributed by atoms with Gasteiger partial charge in [-0.15, -0.1) is 0 Å². The van der Waals surface area contributed by atoms with Gasteiger partial charge in [0.05, 0.1) is 0 Å². The molecule has 34 heavy (non-hydrogen) atoms. The summed E-state index contributed by atoms with van der Waals surface area (Å²) >= 11 is 0. The Morgan fingerprint density at radius 3 is 2.26 bits per heavy atom. The van der Waals surface area contributed by atoms with Crippen molar-refractivity contribution in [2.45, 2.75) is 64.5 Å². The SMILES string of the molecule is C=C(c1ccc(-c2ccc(CCC3CCN(CC(C)(C)F)CC3)cc2F)cc1)N1CCCCC1. The van der Waals surface area contributed by atoms with E-state index in [0.29, 0.717) is 18.0 Å². The van der Waals surface area contributed by atoms with Crippen LogP contribution in [0.15, 0.2) is 49.0 Å². The van der Waals surface area contributed by atoms with Crippen LogP contribution < -0.4 is 0 Å². The summed E-state index contributed by atoms with van der Waals surface area (Å²) in [5.74, 6) is 0.488. The van der Waals surface area contributed by atoms with E-state index in [0.717, 1.165) is 74.2 Å². The van der Waals surface area contributed by atoms with Crippen molar-refractivity contribution in [1.29, 1.82) is 0 Å². The van der Waals surface area contributed by atoms with Crippen molar-refractivity contribution < 1.29 is 8.78 Å². The van der Waals surface area contributed by atoms with E-state index in [1.807, 2.05) is 18.2 Å². The summed E-state index contributed by atoms with van der Waals surface area (Å²) < 4.78 is 28.9. The molecule has 184 valence electrons. The van der Waals surface area contributed by atoms with Crippen molar-refractivity contribution in [2.75, 3.05) is 32.7 Å². The Hall–Kier alpha value is -2.20. The normalized spacial score (nSPS) is 18.3. The minimum Gasteiger partial charge on any atom is -0.372 e. The van der Waals surface area contributed by atoms with Crippen LogP contribution in [-0.4, -0.2) is 48.2 Å². The molecule has 0 atom stereocenters. The fourth-order valence-corrected chi connectivity index (χ4v) is 5.47. The molecule has 0 N–H and O–H groups in total. The van der Waals surface area contributed by atoms with Crippen LogP contribution in [0.3, 0.4) is 0 Å². The zero-order valence-electron chi connectivity index (χ0n) is 21.0. The van der Waals surface area contributed by atoms with Crippen molar-refractivity contribution in [3.05, 3.63) is 66.0 Å². The van der Waals surface area contributed by atoms with Crippen LogP contribution in [0.2, 0.25) is 0 Å². The Bertz CT molecular complexity index is 947. The number of likely N-dealkylation sites (tertiary alicyclic amines) is 2. The fraction of sp³-hybridized carbons (Fsp3) is 0.533. The van der Waals surface area contributed by atoms with E-state index in [9.17, 15) is 8.78 Å². The summed E-state index contributed by atoms with van der Waals surface area (Å²) in [6, 6.07) is 13.8. The third-order valence-electron chi connectivity index (χ3n) is 7.45. The standard InChI is InChI=1S/C30H40F2N2/c1-23(34-17-5-4-6-18-34)26-10-12-27(13-11-26)28-14-9-25(21-29(28)31)8-7-24-15-19-33(20-16-24)22-30(2,3)32/h9-14,21,24H,1,4-8,15-20,22H2,2-3H3. The van der Waals surface area contributed by atoms with Gasteiger partial charge in [0.25, 0.3) is 0 Å². The lowest BCUT2D eigenvalue weighted by molar-refractivity contribution is 0.0943. The molecule has 0 spiro atoms. The van der Waals surface area contributed by atoms with E-state index in [1.54, 1.807) is 19.9 Å². The molecule has 2 saturated heterocycles. The van der Waals surface area contributed by atoms with Crippen molar-refractivity contribution in [3.63, 3.8) is 0 Å². The van der Waals surface area contributed by atoms with E-state index >= 15 is 0 Å². The molecule has 0 aromatic heterocycles. The van der Waals surface area contributed by atoms with E-state index in [-0.39, 0.29) is 5.82 Å². The highest BCUT2D eigenvalue weighted by molar-refractivity contribution is 5.69. The van der Waals surface area contributed by atoms with E-state index in [1.165, 1.54) is 19.3 Å². The zero-order valence-corrected chi connectivity index (χ0v) is 21.0. The predicted octanol–water partition coefficient (Wildman–Crippen LogP) is 7.34. The number of aryl methyl sites for hydroxylation is 1. The first-order valence-corrected chi connectivity index (χ1v) is 13.0. The van der Waals surface area contributed by atoms with Gasteiger partial charge in [0.15, 0.2) is 0 Å². The van der Waals surface area contributed by atoms with Crippen LogP contribution in [0.25, 0.3) is 16.8 Å². The maximum Gasteiger partial charge on any atom is 0.131 e. The lowest BCUT2D eigenvalue weighted by Gasteiger charge is -2.34. The Kier molecular flexibility index (Phi) is 8.08. The summed E-state index contributed by atoms with van der Waals surface area (Å²) in [7, 11) is 0. The molecular formula is C30H40F2N2. The second-order valence-corrected chi connectivity index (χ2v) is 10.9. The summed E-state index contributed by atoms with van der Waals surface area (Å²) in [6.45, 7) is 12.2. The van der Waals surface area contributed by atoms with Crippen LogP contribution in [-0.2, 0) is 6.42 Å². The summed E-state index contributed by atoms with van der Waals surface area (Å²) in [4.78, 5) is 4.59. The molecule has 0 aliphatic carbocycles. The van der Waals surface area contributed by atoms with Gasteiger partial charge in [0.1, 0.15) is 11.5 Å². The number of alkyl halides is 1. The number of hydrogen-bond acceptors (Lipinski definition) is 2. The number of halogens is 2. The molecule has 0 amide bonds. The molecule has 4 rings (SSSR count). The van der Waals surface area contributed by atoms with Gasteiger partial charge < -0.3 is 9.80 Å². The molecule has 2 aliphatic heterocycles. The van der Waals surface area contributed by atoms with Crippen LogP contribution in [0, 0.1) is 11.7 Å². The molecule has 2 heterocycles. The molecule has 4 heteroatoms. The molecule has 0 unspecified atom stereocenters. The molecule has 0 saturated carbocycles. The Balaban J connectivity index is 1.30. The molecule has 2 fully saturated rings. The molecule has 2 nitrogen and oxygen atoms in total. The minimum absolute atomic E-state index is 0.153. The molecule has 2 aromatic rings. The zero-order chi connectivity index (χ0) is 24.1. The van der Waals surface area contributed by atoms with Gasteiger partial charge in [-0.3, -0.25) is 0 Å². The van der Waals surface area contributed by atoms with Gasteiger partial charge in [0, 0.05) is 30.9 Å². The van der Waals surface area contributed by atoms with Gasteiger partial charge in [0.2, 0.25) is 0 Å². The van der Waals surface area contributed by atoms with Crippen LogP contribution in [0.5, 0.6) is 0 Å². The average molecular weight is 467 g/mol. The molecular weight excluding hydrogens is 426 g/mol. The maximum absolute atomic E-state index is 15.0. The number of piperidine rings is 2. The Morgan fingerprint density at radius 1 is 0.971 bits per heavy atom. The largest absolute Gasteiger partial charge is 0.372 e. The molecule has 0 radical (unpaired) electrons. The van der Waals surface area contributed by atoms with Gasteiger partial charge in [-0.05, 0) is 101 Å². The van der Waals surface area contributed by atoms with Gasteiger partial charge in [-0.2, -0.15) is 0 Å². The number of hydrogen-bond donors (Lipinski definition) is 0. The molecule has 2 aromatic carbocycles. The van der Waals surface area contributed by atoms with Crippen molar-refractivity contribution in [1.82, 2.24) is 9.80 Å². The van der Waals surface area contributed by atoms with E-state index in [2.05, 4.69) is 34.6 Å². The number of nitrogens with zero attached hydrogens (tertiary/aromatic N) is 2. The monoisotopic (exact) mass is 466 g/mol. The van der Waals surface area contributed by atoms with Crippen molar-refractivity contribution in [3.8, 4) is 11.1 Å². The second kappa shape index (κ2) is 11.0. The van der Waals surface area contributed by atoms with Gasteiger partial charge >= 0.3 is 0 Å². The lowest BCUT2D eigenvalue weighted by Crippen LogP contribution is -2.41.